The lowest BCUT2D eigenvalue weighted by Crippen LogP contribution is -2.45. The van der Waals surface area contributed by atoms with Crippen molar-refractivity contribution in [2.75, 3.05) is 38.7 Å². The minimum Gasteiger partial charge on any atom is -0.492 e. The maximum atomic E-state index is 6.15. The minimum atomic E-state index is 0.0622. The van der Waals surface area contributed by atoms with E-state index >= 15 is 0 Å². The highest BCUT2D eigenvalue weighted by atomic mass is 35.5. The fourth-order valence-corrected chi connectivity index (χ4v) is 5.09. The van der Waals surface area contributed by atoms with Crippen LogP contribution in [0.3, 0.4) is 0 Å². The molecule has 0 amide bonds. The molecule has 29 heavy (non-hydrogen) atoms. The Morgan fingerprint density at radius 3 is 2.90 bits per heavy atom. The van der Waals surface area contributed by atoms with Crippen LogP contribution in [-0.2, 0) is 11.2 Å². The SMILES string of the molecule is CC(COc1ccc(CC2CNCS2)cc1)N1CCOC(c2cccc(Cl)c2)C1. The van der Waals surface area contributed by atoms with E-state index in [1.54, 1.807) is 0 Å². The molecule has 2 aliphatic rings. The zero-order chi connectivity index (χ0) is 20.1. The summed E-state index contributed by atoms with van der Waals surface area (Å²) in [5.74, 6) is 2.01. The Morgan fingerprint density at radius 1 is 1.28 bits per heavy atom. The molecule has 2 heterocycles. The van der Waals surface area contributed by atoms with Crippen LogP contribution in [0.4, 0.5) is 0 Å². The average Bonchev–Trinajstić information content (AvgIpc) is 3.26. The van der Waals surface area contributed by atoms with Gasteiger partial charge in [0.1, 0.15) is 12.4 Å². The predicted molar refractivity (Wildman–Crippen MR) is 121 cm³/mol. The fraction of sp³-hybridized carbons (Fsp3) is 0.478. The molecule has 0 saturated carbocycles. The Hall–Kier alpha value is -1.24. The summed E-state index contributed by atoms with van der Waals surface area (Å²) in [6.45, 7) is 6.51. The van der Waals surface area contributed by atoms with Gasteiger partial charge < -0.3 is 14.8 Å². The van der Waals surface area contributed by atoms with Crippen LogP contribution in [0.25, 0.3) is 0 Å². The first-order valence-corrected chi connectivity index (χ1v) is 11.8. The highest BCUT2D eigenvalue weighted by Gasteiger charge is 2.25. The Bertz CT molecular complexity index is 783. The molecule has 0 aromatic heterocycles. The van der Waals surface area contributed by atoms with E-state index in [0.717, 1.165) is 54.9 Å². The van der Waals surface area contributed by atoms with E-state index in [9.17, 15) is 0 Å². The van der Waals surface area contributed by atoms with Gasteiger partial charge in [0.25, 0.3) is 0 Å². The second-order valence-corrected chi connectivity index (χ2v) is 9.53. The van der Waals surface area contributed by atoms with Crippen LogP contribution < -0.4 is 10.1 Å². The highest BCUT2D eigenvalue weighted by Crippen LogP contribution is 2.26. The number of hydrogen-bond donors (Lipinski definition) is 1. The number of nitrogens with zero attached hydrogens (tertiary/aromatic N) is 1. The Labute approximate surface area is 182 Å². The van der Waals surface area contributed by atoms with E-state index in [1.807, 2.05) is 30.0 Å². The third-order valence-corrected chi connectivity index (χ3v) is 7.02. The second kappa shape index (κ2) is 10.2. The van der Waals surface area contributed by atoms with E-state index in [1.165, 1.54) is 5.56 Å². The molecule has 4 nitrogen and oxygen atoms in total. The summed E-state index contributed by atoms with van der Waals surface area (Å²) in [6, 6.07) is 16.9. The molecule has 3 atom stereocenters. The smallest absolute Gasteiger partial charge is 0.119 e. The zero-order valence-electron chi connectivity index (χ0n) is 16.9. The summed E-state index contributed by atoms with van der Waals surface area (Å²) in [5, 5.41) is 4.85. The molecule has 2 saturated heterocycles. The first-order valence-electron chi connectivity index (χ1n) is 10.3. The van der Waals surface area contributed by atoms with E-state index in [-0.39, 0.29) is 6.10 Å². The van der Waals surface area contributed by atoms with E-state index in [0.29, 0.717) is 17.9 Å². The molecule has 2 aromatic rings. The second-order valence-electron chi connectivity index (χ2n) is 7.80. The number of benzene rings is 2. The lowest BCUT2D eigenvalue weighted by Gasteiger charge is -2.37. The summed E-state index contributed by atoms with van der Waals surface area (Å²) >= 11 is 8.15. The quantitative estimate of drug-likeness (QED) is 0.701. The number of halogens is 1. The standard InChI is InChI=1S/C23H29ClN2O2S/c1-17(26-9-10-27-23(14-26)19-3-2-4-20(24)12-19)15-28-21-7-5-18(6-8-21)11-22-13-25-16-29-22/h2-8,12,17,22-23,25H,9-11,13-16H2,1H3. The molecule has 2 fully saturated rings. The molecule has 1 N–H and O–H groups in total. The number of nitrogens with one attached hydrogen (secondary N) is 1. The van der Waals surface area contributed by atoms with E-state index < -0.39 is 0 Å². The van der Waals surface area contributed by atoms with Gasteiger partial charge in [-0.15, -0.1) is 11.8 Å². The van der Waals surface area contributed by atoms with Crippen molar-refractivity contribution in [3.8, 4) is 5.75 Å². The topological polar surface area (TPSA) is 33.7 Å². The summed E-state index contributed by atoms with van der Waals surface area (Å²) < 4.78 is 12.1. The van der Waals surface area contributed by atoms with Gasteiger partial charge in [0.15, 0.2) is 0 Å². The van der Waals surface area contributed by atoms with Crippen LogP contribution in [0.1, 0.15) is 24.2 Å². The van der Waals surface area contributed by atoms with Crippen LogP contribution in [0, 0.1) is 0 Å². The van der Waals surface area contributed by atoms with E-state index in [2.05, 4.69) is 47.5 Å². The van der Waals surface area contributed by atoms with Crippen LogP contribution in [-0.4, -0.2) is 54.9 Å². The highest BCUT2D eigenvalue weighted by molar-refractivity contribution is 8.00. The number of hydrogen-bond acceptors (Lipinski definition) is 5. The molecule has 156 valence electrons. The van der Waals surface area contributed by atoms with Crippen molar-refractivity contribution in [3.63, 3.8) is 0 Å². The van der Waals surface area contributed by atoms with E-state index in [4.69, 9.17) is 21.1 Å². The summed E-state index contributed by atoms with van der Waals surface area (Å²) in [7, 11) is 0. The number of ether oxygens (including phenoxy) is 2. The van der Waals surface area contributed by atoms with Crippen LogP contribution in [0.5, 0.6) is 5.75 Å². The van der Waals surface area contributed by atoms with Gasteiger partial charge in [0.05, 0.1) is 12.7 Å². The largest absolute Gasteiger partial charge is 0.492 e. The molecule has 3 unspecified atom stereocenters. The first-order chi connectivity index (χ1) is 14.2. The molecule has 2 aromatic carbocycles. The molecule has 4 rings (SSSR count). The van der Waals surface area contributed by atoms with Gasteiger partial charge >= 0.3 is 0 Å². The van der Waals surface area contributed by atoms with Crippen molar-refractivity contribution in [2.45, 2.75) is 30.7 Å². The van der Waals surface area contributed by atoms with Crippen molar-refractivity contribution in [2.24, 2.45) is 0 Å². The summed E-state index contributed by atoms with van der Waals surface area (Å²) in [4.78, 5) is 2.44. The zero-order valence-corrected chi connectivity index (χ0v) is 18.4. The van der Waals surface area contributed by atoms with Crippen molar-refractivity contribution >= 4 is 23.4 Å². The van der Waals surface area contributed by atoms with Gasteiger partial charge in [0, 0.05) is 41.8 Å². The van der Waals surface area contributed by atoms with Gasteiger partial charge in [-0.1, -0.05) is 35.9 Å². The normalized spacial score (nSPS) is 23.8. The number of thioether (sulfide) groups is 1. The predicted octanol–water partition coefficient (Wildman–Crippen LogP) is 4.39. The lowest BCUT2D eigenvalue weighted by molar-refractivity contribution is -0.0478. The van der Waals surface area contributed by atoms with Crippen molar-refractivity contribution < 1.29 is 9.47 Å². The molecule has 6 heteroatoms. The first kappa shape index (κ1) is 21.0. The van der Waals surface area contributed by atoms with Crippen molar-refractivity contribution in [1.29, 1.82) is 0 Å². The third kappa shape index (κ3) is 5.89. The maximum Gasteiger partial charge on any atom is 0.119 e. The van der Waals surface area contributed by atoms with Gasteiger partial charge in [0.2, 0.25) is 0 Å². The average molecular weight is 433 g/mol. The Balaban J connectivity index is 1.27. The van der Waals surface area contributed by atoms with Crippen molar-refractivity contribution in [1.82, 2.24) is 10.2 Å². The fourth-order valence-electron chi connectivity index (χ4n) is 3.87. The summed E-state index contributed by atoms with van der Waals surface area (Å²) in [5.41, 5.74) is 2.52. The Kier molecular flexibility index (Phi) is 7.38. The van der Waals surface area contributed by atoms with Gasteiger partial charge in [-0.25, -0.2) is 0 Å². The summed E-state index contributed by atoms with van der Waals surface area (Å²) in [6.07, 6.45) is 1.18. The molecular formula is C23H29ClN2O2S. The molecule has 0 bridgehead atoms. The number of morpholine rings is 1. The molecule has 0 spiro atoms. The maximum absolute atomic E-state index is 6.15. The van der Waals surface area contributed by atoms with Crippen molar-refractivity contribution in [3.05, 3.63) is 64.7 Å². The molecule has 0 radical (unpaired) electrons. The van der Waals surface area contributed by atoms with Gasteiger partial charge in [-0.3, -0.25) is 4.90 Å². The van der Waals surface area contributed by atoms with Gasteiger partial charge in [-0.2, -0.15) is 0 Å². The lowest BCUT2D eigenvalue weighted by atomic mass is 10.1. The minimum absolute atomic E-state index is 0.0622. The Morgan fingerprint density at radius 2 is 2.14 bits per heavy atom. The number of rotatable bonds is 7. The molecular weight excluding hydrogens is 404 g/mol. The monoisotopic (exact) mass is 432 g/mol. The molecule has 2 aliphatic heterocycles. The van der Waals surface area contributed by atoms with Crippen LogP contribution in [0.15, 0.2) is 48.5 Å². The third-order valence-electron chi connectivity index (χ3n) is 5.61. The molecule has 0 aliphatic carbocycles. The van der Waals surface area contributed by atoms with Gasteiger partial charge in [-0.05, 0) is 48.7 Å². The van der Waals surface area contributed by atoms with Crippen LogP contribution in [0.2, 0.25) is 5.02 Å². The van der Waals surface area contributed by atoms with Crippen LogP contribution >= 0.6 is 23.4 Å².